The van der Waals surface area contributed by atoms with E-state index >= 15 is 0 Å². The van der Waals surface area contributed by atoms with E-state index in [1.165, 1.54) is 12.1 Å². The Balaban J connectivity index is 0. The third kappa shape index (κ3) is 9.50. The molecule has 0 spiro atoms. The Morgan fingerprint density at radius 2 is 1.06 bits per heavy atom. The molecule has 0 aromatic heterocycles. The number of hydrogen-bond acceptors (Lipinski definition) is 5. The molecule has 0 heterocycles. The molecule has 0 fully saturated rings. The highest BCUT2D eigenvalue weighted by Crippen LogP contribution is 2.37. The highest BCUT2D eigenvalue weighted by Gasteiger charge is 2.37. The van der Waals surface area contributed by atoms with Gasteiger partial charge in [0.15, 0.2) is 0 Å². The Kier molecular flexibility index (Phi) is 11.9. The maximum atomic E-state index is 12.4. The van der Waals surface area contributed by atoms with E-state index < -0.39 is 52.3 Å². The van der Waals surface area contributed by atoms with Gasteiger partial charge in [0.2, 0.25) is 10.0 Å². The molecule has 2 aromatic carbocycles. The second-order valence-electron chi connectivity index (χ2n) is 5.26. The normalized spacial score (nSPS) is 12.1. The van der Waals surface area contributed by atoms with Crippen molar-refractivity contribution in [3.63, 3.8) is 0 Å². The van der Waals surface area contributed by atoms with Crippen molar-refractivity contribution < 1.29 is 48.7 Å². The van der Waals surface area contributed by atoms with Crippen molar-refractivity contribution in [3.8, 4) is 0 Å². The topological polar surface area (TPSA) is 161 Å². The first-order valence-electron chi connectivity index (χ1n) is 6.95. The molecule has 7 nitrogen and oxygen atoms in total. The summed E-state index contributed by atoms with van der Waals surface area (Å²) in [4.78, 5) is -1.88. The lowest BCUT2D eigenvalue weighted by molar-refractivity contribution is -0.140. The van der Waals surface area contributed by atoms with Crippen molar-refractivity contribution in [2.75, 3.05) is 0 Å². The summed E-state index contributed by atoms with van der Waals surface area (Å²) in [5, 5.41) is 4.66. The van der Waals surface area contributed by atoms with E-state index in [9.17, 15) is 43.2 Å². The molecule has 18 heteroatoms. The molecule has 0 aliphatic rings. The summed E-state index contributed by atoms with van der Waals surface area (Å²) >= 11 is 5.64. The van der Waals surface area contributed by atoms with Gasteiger partial charge in [0.05, 0.1) is 20.9 Å². The molecule has 0 radical (unpaired) electrons. The third-order valence-corrected chi connectivity index (χ3v) is 6.40. The highest BCUT2D eigenvalue weighted by molar-refractivity contribution is 9.10. The zero-order valence-electron chi connectivity index (χ0n) is 15.1. The third-order valence-electron chi connectivity index (χ3n) is 3.06. The van der Waals surface area contributed by atoms with Gasteiger partial charge < -0.3 is 11.6 Å². The van der Waals surface area contributed by atoms with Crippen LogP contribution >= 0.6 is 42.5 Å². The van der Waals surface area contributed by atoms with Crippen LogP contribution in [0.15, 0.2) is 55.1 Å². The monoisotopic (exact) mass is 660 g/mol. The highest BCUT2D eigenvalue weighted by atomic mass is 79.9. The second-order valence-corrected chi connectivity index (χ2v) is 11.2. The number of primary sulfonamides is 1. The molecule has 0 atom stereocenters. The minimum Gasteiger partial charge on any atom is -0.412 e. The summed E-state index contributed by atoms with van der Waals surface area (Å²) < 4.78 is 118. The minimum absolute atomic E-state index is 0. The fourth-order valence-electron chi connectivity index (χ4n) is 1.91. The van der Waals surface area contributed by atoms with Crippen molar-refractivity contribution in [2.24, 2.45) is 5.14 Å². The molecule has 32 heavy (non-hydrogen) atoms. The summed E-state index contributed by atoms with van der Waals surface area (Å²) in [6, 6.07) is 5.28. The van der Waals surface area contributed by atoms with Crippen molar-refractivity contribution in [1.82, 2.24) is 6.15 Å². The van der Waals surface area contributed by atoms with Crippen molar-refractivity contribution in [2.45, 2.75) is 22.1 Å². The zero-order chi connectivity index (χ0) is 23.7. The molecule has 2 aromatic rings. The van der Waals surface area contributed by atoms with Gasteiger partial charge >= 0.3 is 12.4 Å². The van der Waals surface area contributed by atoms with Gasteiger partial charge in [-0.1, -0.05) is 31.9 Å². The van der Waals surface area contributed by atoms with E-state index in [4.69, 9.17) is 10.7 Å². The first-order valence-corrected chi connectivity index (χ1v) is 12.4. The van der Waals surface area contributed by atoms with Crippen LogP contribution in [0.25, 0.3) is 0 Å². The van der Waals surface area contributed by atoms with Crippen LogP contribution in [0.2, 0.25) is 0 Å². The van der Waals surface area contributed by atoms with Gasteiger partial charge in [-0.3, -0.25) is 0 Å². The number of rotatable bonds is 2. The number of hydrogen-bond donors (Lipinski definition) is 2. The van der Waals surface area contributed by atoms with E-state index in [1.54, 1.807) is 0 Å². The lowest BCUT2D eigenvalue weighted by atomic mass is 10.2. The minimum atomic E-state index is -4.76. The van der Waals surface area contributed by atoms with Gasteiger partial charge in [-0.25, -0.2) is 22.0 Å². The van der Waals surface area contributed by atoms with E-state index in [2.05, 4.69) is 37.0 Å². The van der Waals surface area contributed by atoms with Crippen LogP contribution in [0, 0.1) is 0 Å². The predicted molar refractivity (Wildman–Crippen MR) is 111 cm³/mol. The molecule has 0 bridgehead atoms. The molecule has 184 valence electrons. The SMILES string of the molecule is N.NS(=O)(=O)c1ccc(Br)cc1C(F)(F)F.O.O=S(=O)(Cl)c1ccc(Br)cc1C(F)(F)F. The van der Waals surface area contributed by atoms with Gasteiger partial charge in [0, 0.05) is 19.6 Å². The van der Waals surface area contributed by atoms with Crippen molar-refractivity contribution in [1.29, 1.82) is 0 Å². The molecule has 0 saturated heterocycles. The Morgan fingerprint density at radius 3 is 1.34 bits per heavy atom. The summed E-state index contributed by atoms with van der Waals surface area (Å²) in [7, 11) is -3.90. The average Bonchev–Trinajstić information content (AvgIpc) is 2.51. The Hall–Kier alpha value is -0.950. The molecule has 2 rings (SSSR count). The van der Waals surface area contributed by atoms with Gasteiger partial charge in [0.25, 0.3) is 9.05 Å². The summed E-state index contributed by atoms with van der Waals surface area (Å²) in [5.41, 5.74) is -2.56. The quantitative estimate of drug-likeness (QED) is 0.347. The van der Waals surface area contributed by atoms with Crippen LogP contribution in [-0.2, 0) is 31.4 Å². The summed E-state index contributed by atoms with van der Waals surface area (Å²) in [5.74, 6) is 0. The molecular weight excluding hydrogens is 650 g/mol. The van der Waals surface area contributed by atoms with Gasteiger partial charge in [-0.05, 0) is 36.4 Å². The van der Waals surface area contributed by atoms with Gasteiger partial charge in [0.1, 0.15) is 0 Å². The Morgan fingerprint density at radius 1 is 0.750 bits per heavy atom. The van der Waals surface area contributed by atoms with Crippen molar-refractivity contribution >= 4 is 61.6 Å². The van der Waals surface area contributed by atoms with E-state index in [0.29, 0.717) is 12.1 Å². The average molecular weight is 663 g/mol. The first-order chi connectivity index (χ1) is 13.2. The Labute approximate surface area is 199 Å². The number of nitrogens with two attached hydrogens (primary N) is 1. The van der Waals surface area contributed by atoms with Crippen LogP contribution in [-0.4, -0.2) is 22.3 Å². The van der Waals surface area contributed by atoms with E-state index in [-0.39, 0.29) is 20.6 Å². The van der Waals surface area contributed by atoms with Crippen LogP contribution in [0.5, 0.6) is 0 Å². The van der Waals surface area contributed by atoms with Crippen LogP contribution in [0.4, 0.5) is 26.3 Å². The van der Waals surface area contributed by atoms with Crippen LogP contribution in [0.1, 0.15) is 11.1 Å². The maximum Gasteiger partial charge on any atom is 0.417 e. The fraction of sp³-hybridized carbons (Fsp3) is 0.143. The van der Waals surface area contributed by atoms with E-state index in [1.807, 2.05) is 0 Å². The van der Waals surface area contributed by atoms with Crippen LogP contribution in [0.3, 0.4) is 0 Å². The summed E-state index contributed by atoms with van der Waals surface area (Å²) in [6.07, 6.45) is -9.52. The molecule has 7 N–H and O–H groups in total. The molecule has 0 aliphatic carbocycles. The van der Waals surface area contributed by atoms with Crippen LogP contribution < -0.4 is 11.3 Å². The molecule has 0 unspecified atom stereocenters. The molecule has 0 aliphatic heterocycles. The number of benzene rings is 2. The van der Waals surface area contributed by atoms with E-state index in [0.717, 1.165) is 12.1 Å². The second kappa shape index (κ2) is 11.5. The lowest BCUT2D eigenvalue weighted by Crippen LogP contribution is -2.18. The number of halogens is 9. The molecule has 0 saturated carbocycles. The lowest BCUT2D eigenvalue weighted by Gasteiger charge is -2.11. The van der Waals surface area contributed by atoms with Gasteiger partial charge in [-0.2, -0.15) is 26.3 Å². The first kappa shape index (κ1) is 33.2. The standard InChI is InChI=1S/C7H3BrClF3O2S.C7H5BrF3NO2S.H3N.H2O/c8-4-1-2-6(15(9,13)14)5(3-4)7(10,11)12;8-4-1-2-6(15(12,13)14)5(3-4)7(9,10)11;;/h1-3H;1-3H,(H2,12,13,14);1H3;1H2. The maximum absolute atomic E-state index is 12.4. The zero-order valence-corrected chi connectivity index (χ0v) is 20.7. The smallest absolute Gasteiger partial charge is 0.412 e. The largest absolute Gasteiger partial charge is 0.417 e. The molecular formula is C14H13Br2ClF6N2O5S2. The van der Waals surface area contributed by atoms with Crippen molar-refractivity contribution in [3.05, 3.63) is 56.5 Å². The Bertz CT molecular complexity index is 1070. The fourth-order valence-corrected chi connectivity index (χ4v) is 4.44. The number of alkyl halides is 6. The molecule has 0 amide bonds. The predicted octanol–water partition coefficient (Wildman–Crippen LogP) is 4.85. The summed E-state index contributed by atoms with van der Waals surface area (Å²) in [6.45, 7) is 0. The van der Waals surface area contributed by atoms with Gasteiger partial charge in [-0.15, -0.1) is 0 Å². The number of sulfonamides is 1.